The first-order chi connectivity index (χ1) is 14.2. The second-order valence-electron chi connectivity index (χ2n) is 6.97. The van der Waals surface area contributed by atoms with E-state index in [1.165, 1.54) is 4.90 Å². The first kappa shape index (κ1) is 18.7. The summed E-state index contributed by atoms with van der Waals surface area (Å²) in [6, 6.07) is 29.4. The molecule has 1 aliphatic rings. The monoisotopic (exact) mass is 382 g/mol. The fraction of sp³-hybridized carbons (Fsp3) is 0.120. The van der Waals surface area contributed by atoms with Gasteiger partial charge in [0, 0.05) is 18.0 Å². The van der Waals surface area contributed by atoms with E-state index in [-0.39, 0.29) is 18.4 Å². The van der Waals surface area contributed by atoms with Gasteiger partial charge >= 0.3 is 6.09 Å². The van der Waals surface area contributed by atoms with E-state index in [0.29, 0.717) is 6.42 Å². The molecule has 0 radical (unpaired) electrons. The van der Waals surface area contributed by atoms with E-state index in [0.717, 1.165) is 22.4 Å². The van der Waals surface area contributed by atoms with Crippen LogP contribution in [0.3, 0.4) is 0 Å². The highest BCUT2D eigenvalue weighted by Crippen LogP contribution is 2.39. The lowest BCUT2D eigenvalue weighted by molar-refractivity contribution is 0.123. The molecule has 144 valence electrons. The van der Waals surface area contributed by atoms with Crippen LogP contribution in [0.25, 0.3) is 6.08 Å². The lowest BCUT2D eigenvalue weighted by atomic mass is 9.94. The fourth-order valence-corrected chi connectivity index (χ4v) is 3.56. The van der Waals surface area contributed by atoms with Gasteiger partial charge in [-0.3, -0.25) is 5.41 Å². The second kappa shape index (κ2) is 8.57. The van der Waals surface area contributed by atoms with Crippen molar-refractivity contribution in [2.45, 2.75) is 18.9 Å². The van der Waals surface area contributed by atoms with E-state index in [9.17, 15) is 4.79 Å². The third-order valence-electron chi connectivity index (χ3n) is 4.99. The van der Waals surface area contributed by atoms with Crippen LogP contribution < -0.4 is 0 Å². The van der Waals surface area contributed by atoms with Crippen LogP contribution in [0.4, 0.5) is 4.79 Å². The minimum atomic E-state index is -0.514. The number of benzene rings is 3. The third-order valence-corrected chi connectivity index (χ3v) is 4.99. The van der Waals surface area contributed by atoms with Crippen LogP contribution in [0.1, 0.15) is 29.0 Å². The molecule has 4 nitrogen and oxygen atoms in total. The Morgan fingerprint density at radius 3 is 2.17 bits per heavy atom. The molecule has 4 heteroatoms. The molecular weight excluding hydrogens is 360 g/mol. The minimum Gasteiger partial charge on any atom is -0.444 e. The number of hydrogen-bond donors (Lipinski definition) is 1. The number of allylic oxidation sites excluding steroid dienone is 1. The Labute approximate surface area is 170 Å². The maximum Gasteiger partial charge on any atom is 0.419 e. The summed E-state index contributed by atoms with van der Waals surface area (Å²) >= 11 is 0. The molecule has 0 saturated carbocycles. The Kier molecular flexibility index (Phi) is 5.52. The van der Waals surface area contributed by atoms with Gasteiger partial charge in [-0.15, -0.1) is 0 Å². The number of carbonyl (C=O) groups excluding carboxylic acids is 1. The van der Waals surface area contributed by atoms with E-state index in [1.807, 2.05) is 97.1 Å². The second-order valence-corrected chi connectivity index (χ2v) is 6.97. The van der Waals surface area contributed by atoms with Crippen molar-refractivity contribution in [2.75, 3.05) is 0 Å². The van der Waals surface area contributed by atoms with E-state index in [4.69, 9.17) is 10.1 Å². The van der Waals surface area contributed by atoms with Crippen molar-refractivity contribution in [1.82, 2.24) is 4.90 Å². The van der Waals surface area contributed by atoms with E-state index < -0.39 is 6.09 Å². The highest BCUT2D eigenvalue weighted by Gasteiger charge is 2.38. The first-order valence-electron chi connectivity index (χ1n) is 9.62. The Hall–Kier alpha value is -3.66. The standard InChI is InChI=1S/C25H22N2O2/c26-24-17-22(21-14-8-3-9-15-21)23(16-19-10-4-1-5-11-19)27(24)25(28)29-18-20-12-6-2-7-13-20/h1-16,22,26H,17-18H2/b23-16-,26-24?. The summed E-state index contributed by atoms with van der Waals surface area (Å²) in [5, 5.41) is 8.48. The van der Waals surface area contributed by atoms with Gasteiger partial charge in [0.15, 0.2) is 0 Å². The molecule has 0 bridgehead atoms. The molecule has 1 saturated heterocycles. The zero-order valence-corrected chi connectivity index (χ0v) is 16.0. The van der Waals surface area contributed by atoms with Gasteiger partial charge < -0.3 is 4.74 Å². The molecule has 1 aliphatic heterocycles. The highest BCUT2D eigenvalue weighted by molar-refractivity contribution is 6.00. The fourth-order valence-electron chi connectivity index (χ4n) is 3.56. The summed E-state index contributed by atoms with van der Waals surface area (Å²) in [7, 11) is 0. The van der Waals surface area contributed by atoms with E-state index >= 15 is 0 Å². The molecule has 0 spiro atoms. The number of rotatable bonds is 4. The molecule has 0 aliphatic carbocycles. The van der Waals surface area contributed by atoms with Crippen molar-refractivity contribution in [3.63, 3.8) is 0 Å². The number of nitrogens with zero attached hydrogens (tertiary/aromatic N) is 1. The topological polar surface area (TPSA) is 53.4 Å². The van der Waals surface area contributed by atoms with Gasteiger partial charge in [0.05, 0.1) is 0 Å². The summed E-state index contributed by atoms with van der Waals surface area (Å²) in [4.78, 5) is 14.3. The van der Waals surface area contributed by atoms with Crippen molar-refractivity contribution in [1.29, 1.82) is 5.41 Å². The SMILES string of the molecule is N=C1CC(c2ccccc2)/C(=C/c2ccccc2)N1C(=O)OCc1ccccc1. The summed E-state index contributed by atoms with van der Waals surface area (Å²) < 4.78 is 5.54. The van der Waals surface area contributed by atoms with Crippen LogP contribution in [0, 0.1) is 5.41 Å². The predicted octanol–water partition coefficient (Wildman–Crippen LogP) is 5.83. The number of likely N-dealkylation sites (tertiary alicyclic amines) is 1. The van der Waals surface area contributed by atoms with Crippen molar-refractivity contribution in [2.24, 2.45) is 0 Å². The average molecular weight is 382 g/mol. The van der Waals surface area contributed by atoms with Gasteiger partial charge in [-0.05, 0) is 22.8 Å². The summed E-state index contributed by atoms with van der Waals surface area (Å²) in [5.41, 5.74) is 3.75. The molecule has 1 N–H and O–H groups in total. The molecular formula is C25H22N2O2. The lowest BCUT2D eigenvalue weighted by Crippen LogP contribution is -2.31. The van der Waals surface area contributed by atoms with Gasteiger partial charge in [-0.1, -0.05) is 91.0 Å². The number of amides is 1. The van der Waals surface area contributed by atoms with Crippen molar-refractivity contribution in [3.05, 3.63) is 113 Å². The average Bonchev–Trinajstić information content (AvgIpc) is 3.10. The van der Waals surface area contributed by atoms with Crippen LogP contribution in [0.15, 0.2) is 96.7 Å². The van der Waals surface area contributed by atoms with Gasteiger partial charge in [-0.25, -0.2) is 9.69 Å². The van der Waals surface area contributed by atoms with Crippen LogP contribution >= 0.6 is 0 Å². The van der Waals surface area contributed by atoms with E-state index in [2.05, 4.69) is 0 Å². The summed E-state index contributed by atoms with van der Waals surface area (Å²) in [6.07, 6.45) is 1.92. The Balaban J connectivity index is 1.64. The van der Waals surface area contributed by atoms with Crippen LogP contribution in [-0.2, 0) is 11.3 Å². The molecule has 1 fully saturated rings. The van der Waals surface area contributed by atoms with Crippen molar-refractivity contribution in [3.8, 4) is 0 Å². The molecule has 4 rings (SSSR count). The molecule has 3 aromatic rings. The zero-order valence-electron chi connectivity index (χ0n) is 16.0. The quantitative estimate of drug-likeness (QED) is 0.617. The molecule has 3 aromatic carbocycles. The maximum atomic E-state index is 12.9. The largest absolute Gasteiger partial charge is 0.444 e. The Morgan fingerprint density at radius 2 is 1.52 bits per heavy atom. The minimum absolute atomic E-state index is 0.0619. The molecule has 29 heavy (non-hydrogen) atoms. The summed E-state index contributed by atoms with van der Waals surface area (Å²) in [6.45, 7) is 0.179. The highest BCUT2D eigenvalue weighted by atomic mass is 16.6. The Morgan fingerprint density at radius 1 is 0.931 bits per heavy atom. The van der Waals surface area contributed by atoms with Gasteiger partial charge in [0.1, 0.15) is 12.4 Å². The van der Waals surface area contributed by atoms with Crippen LogP contribution in [0.2, 0.25) is 0 Å². The number of amidine groups is 1. The Bertz CT molecular complexity index is 1010. The van der Waals surface area contributed by atoms with Gasteiger partial charge in [0.25, 0.3) is 0 Å². The molecule has 1 atom stereocenters. The molecule has 0 aromatic heterocycles. The number of carbonyl (C=O) groups is 1. The third kappa shape index (κ3) is 4.27. The molecule has 1 unspecified atom stereocenters. The number of ether oxygens (including phenoxy) is 1. The van der Waals surface area contributed by atoms with Crippen LogP contribution in [-0.4, -0.2) is 16.8 Å². The summed E-state index contributed by atoms with van der Waals surface area (Å²) in [5.74, 6) is 0.187. The predicted molar refractivity (Wildman–Crippen MR) is 114 cm³/mol. The van der Waals surface area contributed by atoms with E-state index in [1.54, 1.807) is 0 Å². The number of nitrogens with one attached hydrogen (secondary N) is 1. The number of hydrogen-bond acceptors (Lipinski definition) is 3. The van der Waals surface area contributed by atoms with Gasteiger partial charge in [0.2, 0.25) is 0 Å². The van der Waals surface area contributed by atoms with Crippen LogP contribution in [0.5, 0.6) is 0 Å². The maximum absolute atomic E-state index is 12.9. The zero-order chi connectivity index (χ0) is 20.1. The molecule has 1 amide bonds. The van der Waals surface area contributed by atoms with Gasteiger partial charge in [-0.2, -0.15) is 0 Å². The van der Waals surface area contributed by atoms with Crippen molar-refractivity contribution >= 4 is 18.0 Å². The molecule has 1 heterocycles. The smallest absolute Gasteiger partial charge is 0.419 e. The van der Waals surface area contributed by atoms with Crippen molar-refractivity contribution < 1.29 is 9.53 Å². The normalized spacial score (nSPS) is 17.5. The lowest BCUT2D eigenvalue weighted by Gasteiger charge is -2.20. The first-order valence-corrected chi connectivity index (χ1v) is 9.62.